The normalized spacial score (nSPS) is 10.1. The van der Waals surface area contributed by atoms with Gasteiger partial charge in [0.2, 0.25) is 0 Å². The van der Waals surface area contributed by atoms with Crippen molar-refractivity contribution in [3.8, 4) is 0 Å². The molecule has 1 aromatic heterocycles. The molecule has 0 radical (unpaired) electrons. The predicted octanol–water partition coefficient (Wildman–Crippen LogP) is -0.183. The standard InChI is InChI=1S/C9H14NO.C8H16O5/c1-2-11-9-8-10-6-4-3-5-7-10;1-11-4-5-13-7-6-12-3-2-8(9)10/h3-7H,2,8-9H2,1H3;2-7H2,1H3,(H,9,10)/q+1;/p-1. The lowest BCUT2D eigenvalue weighted by atomic mass is 10.5. The van der Waals surface area contributed by atoms with Gasteiger partial charge in [-0.1, -0.05) is 6.07 Å². The molecule has 138 valence electrons. The summed E-state index contributed by atoms with van der Waals surface area (Å²) in [5.41, 5.74) is 0. The van der Waals surface area contributed by atoms with Crippen molar-refractivity contribution in [1.29, 1.82) is 0 Å². The van der Waals surface area contributed by atoms with Gasteiger partial charge in [0, 0.05) is 38.2 Å². The van der Waals surface area contributed by atoms with E-state index in [1.165, 1.54) is 0 Å². The molecular weight excluding hydrogens is 314 g/mol. The molecule has 0 aromatic carbocycles. The number of carbonyl (C=O) groups excluding carboxylic acids is 1. The number of carboxylic acid groups (broad SMARTS) is 1. The zero-order valence-electron chi connectivity index (χ0n) is 14.6. The van der Waals surface area contributed by atoms with Crippen molar-refractivity contribution in [3.05, 3.63) is 30.6 Å². The van der Waals surface area contributed by atoms with Crippen LogP contribution >= 0.6 is 0 Å². The summed E-state index contributed by atoms with van der Waals surface area (Å²) in [5.74, 6) is -1.10. The number of carbonyl (C=O) groups is 1. The van der Waals surface area contributed by atoms with Crippen molar-refractivity contribution in [2.24, 2.45) is 0 Å². The Balaban J connectivity index is 0.000000446. The summed E-state index contributed by atoms with van der Waals surface area (Å²) in [7, 11) is 1.60. The Bertz CT molecular complexity index is 388. The molecule has 0 fully saturated rings. The van der Waals surface area contributed by atoms with Gasteiger partial charge in [0.25, 0.3) is 0 Å². The molecule has 0 aliphatic carbocycles. The van der Waals surface area contributed by atoms with Crippen LogP contribution in [0.2, 0.25) is 0 Å². The Morgan fingerprint density at radius 2 is 1.54 bits per heavy atom. The quantitative estimate of drug-likeness (QED) is 0.365. The zero-order valence-corrected chi connectivity index (χ0v) is 14.6. The predicted molar refractivity (Wildman–Crippen MR) is 86.3 cm³/mol. The molecule has 0 amide bonds. The monoisotopic (exact) mass is 343 g/mol. The van der Waals surface area contributed by atoms with Crippen molar-refractivity contribution < 1.29 is 33.4 Å². The average molecular weight is 343 g/mol. The number of carboxylic acids is 1. The summed E-state index contributed by atoms with van der Waals surface area (Å²) in [6.45, 7) is 6.66. The lowest BCUT2D eigenvalue weighted by molar-refractivity contribution is -0.698. The maximum Gasteiger partial charge on any atom is 0.171 e. The van der Waals surface area contributed by atoms with Crippen LogP contribution < -0.4 is 9.67 Å². The third-order valence-electron chi connectivity index (χ3n) is 2.73. The third-order valence-corrected chi connectivity index (χ3v) is 2.73. The topological polar surface area (TPSA) is 80.9 Å². The molecule has 0 saturated heterocycles. The first-order valence-corrected chi connectivity index (χ1v) is 8.06. The summed E-state index contributed by atoms with van der Waals surface area (Å²) in [6.07, 6.45) is 4.01. The number of methoxy groups -OCH3 is 1. The van der Waals surface area contributed by atoms with Gasteiger partial charge in [-0.05, 0) is 6.92 Å². The second-order valence-electron chi connectivity index (χ2n) is 4.65. The van der Waals surface area contributed by atoms with Crippen molar-refractivity contribution in [2.75, 3.05) is 53.4 Å². The Labute approximate surface area is 144 Å². The number of aromatic nitrogens is 1. The highest BCUT2D eigenvalue weighted by Crippen LogP contribution is 1.82. The van der Waals surface area contributed by atoms with Gasteiger partial charge >= 0.3 is 0 Å². The Morgan fingerprint density at radius 3 is 2.12 bits per heavy atom. The third kappa shape index (κ3) is 16.8. The number of nitrogens with zero attached hydrogens (tertiary/aromatic N) is 1. The average Bonchev–Trinajstić information content (AvgIpc) is 2.59. The molecule has 0 aliphatic rings. The number of pyridine rings is 1. The van der Waals surface area contributed by atoms with Crippen molar-refractivity contribution in [3.63, 3.8) is 0 Å². The lowest BCUT2D eigenvalue weighted by Crippen LogP contribution is -2.34. The highest BCUT2D eigenvalue weighted by Gasteiger charge is 1.95. The second-order valence-corrected chi connectivity index (χ2v) is 4.65. The highest BCUT2D eigenvalue weighted by molar-refractivity contribution is 5.64. The lowest BCUT2D eigenvalue weighted by Gasteiger charge is -2.05. The molecule has 1 rings (SSSR count). The number of hydrogen-bond acceptors (Lipinski definition) is 6. The van der Waals surface area contributed by atoms with Crippen LogP contribution in [-0.2, 0) is 30.3 Å². The molecule has 0 bridgehead atoms. The summed E-state index contributed by atoms with van der Waals surface area (Å²) >= 11 is 0. The highest BCUT2D eigenvalue weighted by atomic mass is 16.5. The van der Waals surface area contributed by atoms with Gasteiger partial charge in [-0.2, -0.15) is 0 Å². The van der Waals surface area contributed by atoms with Crippen molar-refractivity contribution in [1.82, 2.24) is 0 Å². The fourth-order valence-corrected chi connectivity index (χ4v) is 1.52. The van der Waals surface area contributed by atoms with E-state index in [2.05, 4.69) is 4.57 Å². The fraction of sp³-hybridized carbons (Fsp3) is 0.647. The van der Waals surface area contributed by atoms with Crippen LogP contribution in [0.3, 0.4) is 0 Å². The van der Waals surface area contributed by atoms with Gasteiger partial charge in [-0.15, -0.1) is 0 Å². The van der Waals surface area contributed by atoms with Crippen LogP contribution in [0.4, 0.5) is 0 Å². The van der Waals surface area contributed by atoms with Crippen molar-refractivity contribution in [2.45, 2.75) is 19.9 Å². The number of ether oxygens (including phenoxy) is 4. The van der Waals surface area contributed by atoms with Crippen LogP contribution in [-0.4, -0.2) is 59.3 Å². The Kier molecular flexibility index (Phi) is 16.7. The van der Waals surface area contributed by atoms with Gasteiger partial charge in [-0.25, -0.2) is 4.57 Å². The van der Waals surface area contributed by atoms with E-state index in [0.29, 0.717) is 26.4 Å². The minimum Gasteiger partial charge on any atom is -0.550 e. The number of hydrogen-bond donors (Lipinski definition) is 0. The van der Waals surface area contributed by atoms with Crippen LogP contribution in [0.1, 0.15) is 13.3 Å². The summed E-state index contributed by atoms with van der Waals surface area (Å²) in [6, 6.07) is 6.05. The van der Waals surface area contributed by atoms with Crippen LogP contribution in [0.5, 0.6) is 0 Å². The first-order valence-electron chi connectivity index (χ1n) is 8.06. The maximum absolute atomic E-state index is 9.93. The fourth-order valence-electron chi connectivity index (χ4n) is 1.52. The minimum atomic E-state index is -1.10. The van der Waals surface area contributed by atoms with E-state index in [0.717, 1.165) is 19.8 Å². The summed E-state index contributed by atoms with van der Waals surface area (Å²) in [4.78, 5) is 9.93. The van der Waals surface area contributed by atoms with Gasteiger partial charge in [-0.3, -0.25) is 0 Å². The summed E-state index contributed by atoms with van der Waals surface area (Å²) < 4.78 is 22.1. The molecule has 7 heteroatoms. The molecule has 0 spiro atoms. The molecule has 24 heavy (non-hydrogen) atoms. The van der Waals surface area contributed by atoms with E-state index in [1.54, 1.807) is 7.11 Å². The smallest absolute Gasteiger partial charge is 0.171 e. The maximum atomic E-state index is 9.93. The SMILES string of the molecule is CCOCC[n+]1ccccc1.COCCOCCOCCC(=O)[O-]. The van der Waals surface area contributed by atoms with Gasteiger partial charge in [0.05, 0.1) is 33.0 Å². The molecule has 7 nitrogen and oxygen atoms in total. The van der Waals surface area contributed by atoms with Gasteiger partial charge in [0.15, 0.2) is 18.9 Å². The Hall–Kier alpha value is -1.54. The Morgan fingerprint density at radius 1 is 0.917 bits per heavy atom. The van der Waals surface area contributed by atoms with Crippen molar-refractivity contribution >= 4 is 5.97 Å². The van der Waals surface area contributed by atoms with Gasteiger partial charge in [0.1, 0.15) is 6.61 Å². The number of rotatable bonds is 13. The van der Waals surface area contributed by atoms with Gasteiger partial charge < -0.3 is 28.8 Å². The molecular formula is C17H29NO6. The molecule has 0 aliphatic heterocycles. The van der Waals surface area contributed by atoms with E-state index in [-0.39, 0.29) is 13.0 Å². The zero-order chi connectivity index (χ0) is 17.9. The second kappa shape index (κ2) is 17.8. The van der Waals surface area contributed by atoms with Crippen LogP contribution in [0, 0.1) is 0 Å². The summed E-state index contributed by atoms with van der Waals surface area (Å²) in [5, 5.41) is 9.93. The first-order chi connectivity index (χ1) is 11.7. The van der Waals surface area contributed by atoms with E-state index < -0.39 is 5.97 Å². The largest absolute Gasteiger partial charge is 0.550 e. The van der Waals surface area contributed by atoms with E-state index in [1.807, 2.05) is 37.5 Å². The molecule has 0 atom stereocenters. The van der Waals surface area contributed by atoms with Crippen LogP contribution in [0.15, 0.2) is 30.6 Å². The van der Waals surface area contributed by atoms with E-state index in [9.17, 15) is 9.90 Å². The van der Waals surface area contributed by atoms with Crippen LogP contribution in [0.25, 0.3) is 0 Å². The molecule has 0 unspecified atom stereocenters. The molecule has 0 saturated carbocycles. The van der Waals surface area contributed by atoms with E-state index in [4.69, 9.17) is 18.9 Å². The minimum absolute atomic E-state index is 0.0714. The molecule has 0 N–H and O–H groups in total. The van der Waals surface area contributed by atoms with E-state index >= 15 is 0 Å². The molecule has 1 heterocycles. The molecule has 1 aromatic rings. The first kappa shape index (κ1) is 22.5. The number of aliphatic carboxylic acids is 1.